The summed E-state index contributed by atoms with van der Waals surface area (Å²) in [5.74, 6) is 0.143. The standard InChI is InChI=1S/C26H19FN8O/c1-2-21(36)31-18-9-15(11-28-13-18)16-10-20-23(34-35-24(20)30-12-16)26-32-22-19(7-8-29-25(22)33-26)14-3-5-17(27)6-4-14/h3-13H,2H2,1H3,(H,31,36)(H,29,32,33)(H,30,34,35). The minimum atomic E-state index is -0.299. The van der Waals surface area contributed by atoms with Crippen molar-refractivity contribution in [3.8, 4) is 33.8 Å². The van der Waals surface area contributed by atoms with Gasteiger partial charge in [0.1, 0.15) is 17.0 Å². The summed E-state index contributed by atoms with van der Waals surface area (Å²) in [7, 11) is 0. The van der Waals surface area contributed by atoms with Crippen LogP contribution in [0, 0.1) is 5.82 Å². The highest BCUT2D eigenvalue weighted by molar-refractivity contribution is 5.96. The van der Waals surface area contributed by atoms with Crippen LogP contribution in [0.2, 0.25) is 0 Å². The molecular formula is C26H19FN8O. The van der Waals surface area contributed by atoms with Crippen LogP contribution in [-0.2, 0) is 4.79 Å². The first-order valence-electron chi connectivity index (χ1n) is 11.3. The Hall–Kier alpha value is -4.99. The number of carbonyl (C=O) groups excluding carboxylic acids is 1. The summed E-state index contributed by atoms with van der Waals surface area (Å²) in [6.07, 6.45) is 7.10. The van der Waals surface area contributed by atoms with Gasteiger partial charge in [-0.25, -0.2) is 19.3 Å². The Morgan fingerprint density at radius 1 is 0.972 bits per heavy atom. The molecular weight excluding hydrogens is 459 g/mol. The van der Waals surface area contributed by atoms with E-state index in [-0.39, 0.29) is 11.7 Å². The number of H-pyrrole nitrogens is 2. The highest BCUT2D eigenvalue weighted by atomic mass is 19.1. The zero-order chi connectivity index (χ0) is 24.6. The molecule has 5 heterocycles. The van der Waals surface area contributed by atoms with Crippen LogP contribution in [0.1, 0.15) is 13.3 Å². The number of anilines is 1. The second kappa shape index (κ2) is 8.66. The summed E-state index contributed by atoms with van der Waals surface area (Å²) in [5, 5.41) is 11.0. The van der Waals surface area contributed by atoms with Gasteiger partial charge in [0, 0.05) is 41.7 Å². The third-order valence-corrected chi connectivity index (χ3v) is 5.86. The fourth-order valence-electron chi connectivity index (χ4n) is 4.04. The minimum absolute atomic E-state index is 0.0850. The van der Waals surface area contributed by atoms with Gasteiger partial charge in [0.25, 0.3) is 0 Å². The lowest BCUT2D eigenvalue weighted by Gasteiger charge is -2.06. The molecule has 0 atom stereocenters. The molecule has 0 aliphatic heterocycles. The van der Waals surface area contributed by atoms with Crippen molar-refractivity contribution in [1.29, 1.82) is 0 Å². The van der Waals surface area contributed by atoms with E-state index in [4.69, 9.17) is 4.98 Å². The molecule has 0 spiro atoms. The maximum absolute atomic E-state index is 13.4. The Bertz CT molecular complexity index is 1740. The first-order chi connectivity index (χ1) is 17.6. The molecule has 0 aliphatic carbocycles. The molecule has 0 fully saturated rings. The van der Waals surface area contributed by atoms with Crippen LogP contribution < -0.4 is 5.32 Å². The lowest BCUT2D eigenvalue weighted by atomic mass is 10.1. The molecule has 0 bridgehead atoms. The number of hydrogen-bond donors (Lipinski definition) is 3. The van der Waals surface area contributed by atoms with E-state index in [1.54, 1.807) is 43.8 Å². The summed E-state index contributed by atoms with van der Waals surface area (Å²) >= 11 is 0. The molecule has 0 saturated carbocycles. The quantitative estimate of drug-likeness (QED) is 0.316. The van der Waals surface area contributed by atoms with Crippen molar-refractivity contribution in [1.82, 2.24) is 35.1 Å². The summed E-state index contributed by atoms with van der Waals surface area (Å²) in [5.41, 5.74) is 6.33. The molecule has 1 amide bonds. The van der Waals surface area contributed by atoms with E-state index in [9.17, 15) is 9.18 Å². The van der Waals surface area contributed by atoms with E-state index in [2.05, 4.69) is 35.5 Å². The zero-order valence-electron chi connectivity index (χ0n) is 19.1. The second-order valence-corrected chi connectivity index (χ2v) is 8.20. The van der Waals surface area contributed by atoms with Crippen LogP contribution in [-0.4, -0.2) is 41.0 Å². The Morgan fingerprint density at radius 3 is 2.64 bits per heavy atom. The summed E-state index contributed by atoms with van der Waals surface area (Å²) in [4.78, 5) is 33.0. The average Bonchev–Trinajstić information content (AvgIpc) is 3.53. The SMILES string of the molecule is CCC(=O)Nc1cncc(-c2cnc3[nH]nc(-c4nc5c(-c6ccc(F)cc6)ccnc5[nH]4)c3c2)c1. The summed E-state index contributed by atoms with van der Waals surface area (Å²) in [6.45, 7) is 1.79. The highest BCUT2D eigenvalue weighted by Crippen LogP contribution is 2.32. The van der Waals surface area contributed by atoms with Gasteiger partial charge in [0.15, 0.2) is 17.1 Å². The van der Waals surface area contributed by atoms with Crippen LogP contribution in [0.4, 0.5) is 10.1 Å². The fourth-order valence-corrected chi connectivity index (χ4v) is 4.04. The minimum Gasteiger partial charge on any atom is -0.325 e. The van der Waals surface area contributed by atoms with Crippen LogP contribution in [0.15, 0.2) is 67.3 Å². The van der Waals surface area contributed by atoms with E-state index in [0.717, 1.165) is 27.6 Å². The number of nitrogens with one attached hydrogen (secondary N) is 3. The van der Waals surface area contributed by atoms with Crippen LogP contribution in [0.5, 0.6) is 0 Å². The van der Waals surface area contributed by atoms with Crippen molar-refractivity contribution in [2.45, 2.75) is 13.3 Å². The smallest absolute Gasteiger partial charge is 0.224 e. The van der Waals surface area contributed by atoms with Crippen molar-refractivity contribution in [2.24, 2.45) is 0 Å². The number of aromatic amines is 2. The van der Waals surface area contributed by atoms with Crippen molar-refractivity contribution in [2.75, 3.05) is 5.32 Å². The first kappa shape index (κ1) is 21.5. The zero-order valence-corrected chi connectivity index (χ0v) is 19.1. The van der Waals surface area contributed by atoms with Crippen molar-refractivity contribution >= 4 is 33.8 Å². The number of aromatic nitrogens is 7. The maximum atomic E-state index is 13.4. The van der Waals surface area contributed by atoms with Crippen molar-refractivity contribution < 1.29 is 9.18 Å². The molecule has 6 rings (SSSR count). The first-order valence-corrected chi connectivity index (χ1v) is 11.3. The molecule has 176 valence electrons. The topological polar surface area (TPSA) is 125 Å². The number of halogens is 1. The van der Waals surface area contributed by atoms with Gasteiger partial charge in [-0.1, -0.05) is 19.1 Å². The van der Waals surface area contributed by atoms with Gasteiger partial charge in [-0.05, 0) is 35.9 Å². The van der Waals surface area contributed by atoms with Gasteiger partial charge >= 0.3 is 0 Å². The predicted molar refractivity (Wildman–Crippen MR) is 134 cm³/mol. The Kier molecular flexibility index (Phi) is 5.18. The van der Waals surface area contributed by atoms with E-state index in [1.165, 1.54) is 12.1 Å². The van der Waals surface area contributed by atoms with Gasteiger partial charge in [-0.2, -0.15) is 5.10 Å². The normalized spacial score (nSPS) is 11.3. The van der Waals surface area contributed by atoms with E-state index < -0.39 is 0 Å². The molecule has 3 N–H and O–H groups in total. The van der Waals surface area contributed by atoms with Gasteiger partial charge in [-0.3, -0.25) is 14.9 Å². The highest BCUT2D eigenvalue weighted by Gasteiger charge is 2.17. The second-order valence-electron chi connectivity index (χ2n) is 8.20. The number of pyridine rings is 3. The maximum Gasteiger partial charge on any atom is 0.224 e. The third-order valence-electron chi connectivity index (χ3n) is 5.86. The van der Waals surface area contributed by atoms with E-state index in [1.807, 2.05) is 18.2 Å². The number of rotatable bonds is 5. The summed E-state index contributed by atoms with van der Waals surface area (Å²) in [6, 6.07) is 11.9. The monoisotopic (exact) mass is 478 g/mol. The number of benzene rings is 1. The molecule has 9 nitrogen and oxygen atoms in total. The van der Waals surface area contributed by atoms with Gasteiger partial charge < -0.3 is 10.3 Å². The van der Waals surface area contributed by atoms with E-state index in [0.29, 0.717) is 40.4 Å². The predicted octanol–water partition coefficient (Wildman–Crippen LogP) is 5.11. The number of hydrogen-bond acceptors (Lipinski definition) is 6. The lowest BCUT2D eigenvalue weighted by Crippen LogP contribution is -2.09. The molecule has 1 aromatic carbocycles. The van der Waals surface area contributed by atoms with Gasteiger partial charge in [0.05, 0.1) is 17.3 Å². The lowest BCUT2D eigenvalue weighted by molar-refractivity contribution is -0.115. The van der Waals surface area contributed by atoms with Gasteiger partial charge in [0.2, 0.25) is 5.91 Å². The Balaban J connectivity index is 1.42. The number of imidazole rings is 1. The van der Waals surface area contributed by atoms with Crippen LogP contribution in [0.25, 0.3) is 56.0 Å². The third kappa shape index (κ3) is 3.84. The number of nitrogens with zero attached hydrogens (tertiary/aromatic N) is 5. The number of fused-ring (bicyclic) bond motifs is 2. The molecule has 0 aliphatic rings. The molecule has 5 aromatic heterocycles. The number of amides is 1. The molecule has 0 unspecified atom stereocenters. The Morgan fingerprint density at radius 2 is 1.81 bits per heavy atom. The summed E-state index contributed by atoms with van der Waals surface area (Å²) < 4.78 is 13.4. The molecule has 36 heavy (non-hydrogen) atoms. The van der Waals surface area contributed by atoms with Crippen LogP contribution in [0.3, 0.4) is 0 Å². The van der Waals surface area contributed by atoms with Crippen LogP contribution >= 0.6 is 0 Å². The molecule has 6 aromatic rings. The largest absolute Gasteiger partial charge is 0.325 e. The molecule has 10 heteroatoms. The number of carbonyl (C=O) groups is 1. The van der Waals surface area contributed by atoms with Gasteiger partial charge in [-0.15, -0.1) is 0 Å². The van der Waals surface area contributed by atoms with E-state index >= 15 is 0 Å². The Labute approximate surface area is 203 Å². The molecule has 0 saturated heterocycles. The molecule has 0 radical (unpaired) electrons. The fraction of sp³-hybridized carbons (Fsp3) is 0.0769. The van der Waals surface area contributed by atoms with Crippen molar-refractivity contribution in [3.63, 3.8) is 0 Å². The van der Waals surface area contributed by atoms with Crippen molar-refractivity contribution in [3.05, 3.63) is 73.1 Å². The average molecular weight is 478 g/mol.